The molecule has 8 nitrogen and oxygen atoms in total. The van der Waals surface area contributed by atoms with Crippen molar-refractivity contribution in [3.05, 3.63) is 71.0 Å². The molecular formula is C23H27N5O3S. The minimum Gasteiger partial charge on any atom is -0.494 e. The number of benzene rings is 2. The minimum absolute atomic E-state index is 0.129. The Bertz CT molecular complexity index is 1070. The van der Waals surface area contributed by atoms with Crippen molar-refractivity contribution in [2.24, 2.45) is 0 Å². The zero-order chi connectivity index (χ0) is 22.9. The third-order valence-electron chi connectivity index (χ3n) is 4.63. The average Bonchev–Trinajstić information content (AvgIpc) is 3.22. The highest BCUT2D eigenvalue weighted by molar-refractivity contribution is 7.97. The van der Waals surface area contributed by atoms with E-state index in [-0.39, 0.29) is 17.5 Å². The first-order valence-corrected chi connectivity index (χ1v) is 11.8. The normalized spacial score (nSPS) is 10.6. The summed E-state index contributed by atoms with van der Waals surface area (Å²) in [5.74, 6) is 0.911. The van der Waals surface area contributed by atoms with Crippen LogP contribution in [0, 0.1) is 0 Å². The highest BCUT2D eigenvalue weighted by atomic mass is 32.2. The van der Waals surface area contributed by atoms with E-state index >= 15 is 0 Å². The van der Waals surface area contributed by atoms with Crippen LogP contribution >= 0.6 is 11.8 Å². The molecule has 0 bridgehead atoms. The molecule has 3 aromatic rings. The van der Waals surface area contributed by atoms with Crippen LogP contribution in [0.1, 0.15) is 46.0 Å². The highest BCUT2D eigenvalue weighted by Gasteiger charge is 2.20. The zero-order valence-corrected chi connectivity index (χ0v) is 19.2. The molecule has 168 valence electrons. The summed E-state index contributed by atoms with van der Waals surface area (Å²) in [5.41, 5.74) is 3.22. The van der Waals surface area contributed by atoms with Gasteiger partial charge in [-0.05, 0) is 62.1 Å². The number of amides is 2. The summed E-state index contributed by atoms with van der Waals surface area (Å²) < 4.78 is 7.15. The second-order valence-corrected chi connectivity index (χ2v) is 7.77. The van der Waals surface area contributed by atoms with E-state index < -0.39 is 0 Å². The number of carbonyl (C=O) groups is 2. The van der Waals surface area contributed by atoms with E-state index in [1.165, 1.54) is 0 Å². The molecule has 9 heteroatoms. The number of aromatic nitrogens is 3. The standard InChI is InChI=1S/C23H27N5O3S/c1-4-24-22(29)17-9-11-18(12-10-17)28-20(15-32-3)21(26-27-28)23(30)25-14-16-7-6-8-19(13-16)31-5-2/h6-13H,4-5,14-15H2,1-3H3,(H,24,29)(H,25,30). The van der Waals surface area contributed by atoms with Crippen LogP contribution in [0.4, 0.5) is 0 Å². The SMILES string of the molecule is CCNC(=O)c1ccc(-n2nnc(C(=O)NCc3cccc(OCC)c3)c2CSC)cc1. The van der Waals surface area contributed by atoms with E-state index in [1.54, 1.807) is 40.7 Å². The van der Waals surface area contributed by atoms with Gasteiger partial charge in [-0.15, -0.1) is 5.10 Å². The fraction of sp³-hybridized carbons (Fsp3) is 0.304. The van der Waals surface area contributed by atoms with Gasteiger partial charge in [-0.1, -0.05) is 17.3 Å². The van der Waals surface area contributed by atoms with Crippen LogP contribution in [-0.2, 0) is 12.3 Å². The van der Waals surface area contributed by atoms with Crippen LogP contribution in [-0.4, -0.2) is 46.2 Å². The van der Waals surface area contributed by atoms with Crippen molar-refractivity contribution >= 4 is 23.6 Å². The first kappa shape index (κ1) is 23.3. The third-order valence-corrected chi connectivity index (χ3v) is 5.20. The second kappa shape index (κ2) is 11.3. The van der Waals surface area contributed by atoms with Gasteiger partial charge in [0.05, 0.1) is 18.0 Å². The van der Waals surface area contributed by atoms with Crippen molar-refractivity contribution in [3.63, 3.8) is 0 Å². The molecule has 3 rings (SSSR count). The van der Waals surface area contributed by atoms with Gasteiger partial charge in [0, 0.05) is 24.4 Å². The summed E-state index contributed by atoms with van der Waals surface area (Å²) in [4.78, 5) is 24.9. The Hall–Kier alpha value is -3.33. The molecule has 2 N–H and O–H groups in total. The highest BCUT2D eigenvalue weighted by Crippen LogP contribution is 2.19. The van der Waals surface area contributed by atoms with Gasteiger partial charge >= 0.3 is 0 Å². The lowest BCUT2D eigenvalue weighted by Crippen LogP contribution is -2.24. The molecule has 0 unspecified atom stereocenters. The fourth-order valence-electron chi connectivity index (χ4n) is 3.15. The number of rotatable bonds is 10. The number of nitrogens with zero attached hydrogens (tertiary/aromatic N) is 3. The molecule has 0 aliphatic carbocycles. The van der Waals surface area contributed by atoms with Crippen molar-refractivity contribution in [3.8, 4) is 11.4 Å². The number of hydrogen-bond donors (Lipinski definition) is 2. The van der Waals surface area contributed by atoms with E-state index in [4.69, 9.17) is 4.74 Å². The quantitative estimate of drug-likeness (QED) is 0.489. The molecule has 0 saturated heterocycles. The van der Waals surface area contributed by atoms with Gasteiger partial charge in [-0.2, -0.15) is 11.8 Å². The zero-order valence-electron chi connectivity index (χ0n) is 18.4. The lowest BCUT2D eigenvalue weighted by atomic mass is 10.2. The molecule has 32 heavy (non-hydrogen) atoms. The number of carbonyl (C=O) groups excluding carboxylic acids is 2. The van der Waals surface area contributed by atoms with Gasteiger partial charge in [0.1, 0.15) is 5.75 Å². The largest absolute Gasteiger partial charge is 0.494 e. The minimum atomic E-state index is -0.291. The Morgan fingerprint density at radius 1 is 1.06 bits per heavy atom. The molecule has 1 aromatic heterocycles. The molecule has 0 atom stereocenters. The Morgan fingerprint density at radius 3 is 2.53 bits per heavy atom. The first-order valence-electron chi connectivity index (χ1n) is 10.4. The van der Waals surface area contributed by atoms with Crippen molar-refractivity contribution in [1.29, 1.82) is 0 Å². The number of thioether (sulfide) groups is 1. The molecule has 0 fully saturated rings. The van der Waals surface area contributed by atoms with Crippen LogP contribution in [0.25, 0.3) is 5.69 Å². The fourth-order valence-corrected chi connectivity index (χ4v) is 3.68. The van der Waals surface area contributed by atoms with E-state index in [0.29, 0.717) is 36.7 Å². The predicted octanol–water partition coefficient (Wildman–Crippen LogP) is 3.21. The molecule has 0 aliphatic rings. The maximum atomic E-state index is 12.9. The Kier molecular flexibility index (Phi) is 8.27. The van der Waals surface area contributed by atoms with Crippen molar-refractivity contribution in [2.45, 2.75) is 26.1 Å². The lowest BCUT2D eigenvalue weighted by Gasteiger charge is -2.09. The Balaban J connectivity index is 1.77. The summed E-state index contributed by atoms with van der Waals surface area (Å²) in [7, 11) is 0. The smallest absolute Gasteiger partial charge is 0.274 e. The molecule has 0 spiro atoms. The van der Waals surface area contributed by atoms with Crippen molar-refractivity contribution in [1.82, 2.24) is 25.6 Å². The Labute approximate surface area is 191 Å². The second-order valence-electron chi connectivity index (χ2n) is 6.90. The number of ether oxygens (including phenoxy) is 1. The van der Waals surface area contributed by atoms with Crippen LogP contribution in [0.15, 0.2) is 48.5 Å². The maximum Gasteiger partial charge on any atom is 0.274 e. The molecule has 2 aromatic carbocycles. The van der Waals surface area contributed by atoms with Gasteiger partial charge in [0.25, 0.3) is 11.8 Å². The first-order chi connectivity index (χ1) is 15.6. The van der Waals surface area contributed by atoms with Crippen LogP contribution in [0.5, 0.6) is 5.75 Å². The number of hydrogen-bond acceptors (Lipinski definition) is 6. The van der Waals surface area contributed by atoms with Crippen molar-refractivity contribution < 1.29 is 14.3 Å². The molecule has 2 amide bonds. The van der Waals surface area contributed by atoms with Crippen LogP contribution < -0.4 is 15.4 Å². The van der Waals surface area contributed by atoms with Crippen LogP contribution in [0.2, 0.25) is 0 Å². The molecule has 1 heterocycles. The predicted molar refractivity (Wildman–Crippen MR) is 125 cm³/mol. The number of nitrogens with one attached hydrogen (secondary N) is 2. The van der Waals surface area contributed by atoms with E-state index in [9.17, 15) is 9.59 Å². The van der Waals surface area contributed by atoms with E-state index in [2.05, 4.69) is 20.9 Å². The molecule has 0 saturated carbocycles. The summed E-state index contributed by atoms with van der Waals surface area (Å²) in [5, 5.41) is 14.0. The topological polar surface area (TPSA) is 98.1 Å². The van der Waals surface area contributed by atoms with Gasteiger partial charge in [0.2, 0.25) is 0 Å². The summed E-state index contributed by atoms with van der Waals surface area (Å²) >= 11 is 1.57. The van der Waals surface area contributed by atoms with E-state index in [1.807, 2.05) is 44.4 Å². The third kappa shape index (κ3) is 5.67. The van der Waals surface area contributed by atoms with Gasteiger partial charge in [-0.25, -0.2) is 4.68 Å². The lowest BCUT2D eigenvalue weighted by molar-refractivity contribution is 0.0940. The Morgan fingerprint density at radius 2 is 1.84 bits per heavy atom. The van der Waals surface area contributed by atoms with Gasteiger partial charge in [0.15, 0.2) is 5.69 Å². The van der Waals surface area contributed by atoms with Gasteiger partial charge < -0.3 is 15.4 Å². The monoisotopic (exact) mass is 453 g/mol. The molecule has 0 aliphatic heterocycles. The van der Waals surface area contributed by atoms with Crippen molar-refractivity contribution in [2.75, 3.05) is 19.4 Å². The summed E-state index contributed by atoms with van der Waals surface area (Å²) in [6.07, 6.45) is 1.95. The maximum absolute atomic E-state index is 12.9. The summed E-state index contributed by atoms with van der Waals surface area (Å²) in [6, 6.07) is 14.7. The summed E-state index contributed by atoms with van der Waals surface area (Å²) in [6.45, 7) is 5.31. The molecular weight excluding hydrogens is 426 g/mol. The molecule has 0 radical (unpaired) electrons. The van der Waals surface area contributed by atoms with E-state index in [0.717, 1.165) is 17.0 Å². The average molecular weight is 454 g/mol. The van der Waals surface area contributed by atoms with Gasteiger partial charge in [-0.3, -0.25) is 9.59 Å². The van der Waals surface area contributed by atoms with Crippen LogP contribution in [0.3, 0.4) is 0 Å².